The van der Waals surface area contributed by atoms with Crippen molar-refractivity contribution in [2.24, 2.45) is 5.92 Å². The molecule has 4 heterocycles. The van der Waals surface area contributed by atoms with Crippen molar-refractivity contribution in [1.82, 2.24) is 4.90 Å². The van der Waals surface area contributed by atoms with Gasteiger partial charge in [-0.2, -0.15) is 0 Å². The van der Waals surface area contributed by atoms with Crippen LogP contribution in [0.3, 0.4) is 0 Å². The van der Waals surface area contributed by atoms with Crippen molar-refractivity contribution in [3.63, 3.8) is 0 Å². The van der Waals surface area contributed by atoms with E-state index in [4.69, 9.17) is 9.47 Å². The van der Waals surface area contributed by atoms with Crippen LogP contribution in [-0.4, -0.2) is 47.7 Å². The molecule has 1 amide bonds. The molecule has 5 rings (SSSR count). The first-order chi connectivity index (χ1) is 14.5. The van der Waals surface area contributed by atoms with Gasteiger partial charge in [0.15, 0.2) is 5.78 Å². The largest absolute Gasteiger partial charge is 0.490 e. The summed E-state index contributed by atoms with van der Waals surface area (Å²) in [6.07, 6.45) is 2.52. The second-order valence-corrected chi connectivity index (χ2v) is 9.19. The second-order valence-electron chi connectivity index (χ2n) is 8.21. The molecule has 6 nitrogen and oxygen atoms in total. The Balaban J connectivity index is 1.49. The minimum absolute atomic E-state index is 0.0702. The highest BCUT2D eigenvalue weighted by molar-refractivity contribution is 7.10. The molecule has 0 radical (unpaired) electrons. The third kappa shape index (κ3) is 3.26. The summed E-state index contributed by atoms with van der Waals surface area (Å²) in [5.74, 6) is -1.76. The maximum absolute atomic E-state index is 13.5. The average molecular weight is 426 g/mol. The number of likely N-dealkylation sites (tertiary alicyclic amines) is 1. The molecule has 0 spiro atoms. The number of fused-ring (bicyclic) bond motifs is 1. The minimum atomic E-state index is -1.03. The molecular weight excluding hydrogens is 402 g/mol. The van der Waals surface area contributed by atoms with Gasteiger partial charge in [-0.3, -0.25) is 14.4 Å². The number of amides is 1. The lowest BCUT2D eigenvalue weighted by Gasteiger charge is -2.28. The van der Waals surface area contributed by atoms with Crippen LogP contribution in [-0.2, 0) is 20.7 Å². The lowest BCUT2D eigenvalue weighted by Crippen LogP contribution is -2.36. The van der Waals surface area contributed by atoms with E-state index >= 15 is 0 Å². The maximum atomic E-state index is 13.5. The molecule has 7 heteroatoms. The number of nitrogens with zero attached hydrogens (tertiary/aromatic N) is 1. The number of carbonyl (C=O) groups is 3. The topological polar surface area (TPSA) is 72.9 Å². The van der Waals surface area contributed by atoms with Gasteiger partial charge in [-0.15, -0.1) is 11.3 Å². The van der Waals surface area contributed by atoms with Gasteiger partial charge in [0.2, 0.25) is 5.78 Å². The van der Waals surface area contributed by atoms with Crippen LogP contribution in [0.2, 0.25) is 0 Å². The number of benzene rings is 1. The van der Waals surface area contributed by atoms with Crippen molar-refractivity contribution in [2.75, 3.05) is 13.2 Å². The Morgan fingerprint density at radius 1 is 1.27 bits per heavy atom. The van der Waals surface area contributed by atoms with Crippen LogP contribution < -0.4 is 4.74 Å². The molecule has 0 bridgehead atoms. The molecule has 0 saturated carbocycles. The molecule has 2 fully saturated rings. The number of carbonyl (C=O) groups excluding carboxylic acids is 3. The number of thiophene rings is 1. The van der Waals surface area contributed by atoms with Gasteiger partial charge in [0.1, 0.15) is 17.8 Å². The first-order valence-electron chi connectivity index (χ1n) is 10.4. The van der Waals surface area contributed by atoms with E-state index in [-0.39, 0.29) is 18.0 Å². The fourth-order valence-corrected chi connectivity index (χ4v) is 5.60. The number of hydrogen-bond donors (Lipinski definition) is 0. The highest BCUT2D eigenvalue weighted by Crippen LogP contribution is 2.41. The molecule has 156 valence electrons. The van der Waals surface area contributed by atoms with Crippen LogP contribution in [0.25, 0.3) is 0 Å². The van der Waals surface area contributed by atoms with E-state index in [2.05, 4.69) is 0 Å². The summed E-state index contributed by atoms with van der Waals surface area (Å²) < 4.78 is 11.4. The van der Waals surface area contributed by atoms with Crippen LogP contribution >= 0.6 is 11.3 Å². The molecule has 3 aliphatic heterocycles. The first kappa shape index (κ1) is 19.5. The van der Waals surface area contributed by atoms with E-state index in [0.29, 0.717) is 18.7 Å². The molecule has 4 unspecified atom stereocenters. The Hall–Kier alpha value is -2.51. The standard InChI is InChI=1S/C23H23NO5S/c1-13-10-15-11-14(6-7-17(15)29-13)21(25)19-20(18-5-3-9-30-18)24(23(27)22(19)26)12-16-4-2-8-28-16/h3,5-7,9,11,13,16,19-20H,2,4,8,10,12H2,1H3. The zero-order valence-corrected chi connectivity index (χ0v) is 17.5. The van der Waals surface area contributed by atoms with Gasteiger partial charge in [0.25, 0.3) is 5.91 Å². The van der Waals surface area contributed by atoms with Crippen LogP contribution in [0.4, 0.5) is 0 Å². The lowest BCUT2D eigenvalue weighted by molar-refractivity contribution is -0.141. The summed E-state index contributed by atoms with van der Waals surface area (Å²) in [5, 5.41) is 1.91. The molecule has 4 atom stereocenters. The van der Waals surface area contributed by atoms with Gasteiger partial charge in [0.05, 0.1) is 12.1 Å². The summed E-state index contributed by atoms with van der Waals surface area (Å²) >= 11 is 1.46. The normalized spacial score (nSPS) is 28.1. The molecule has 0 aliphatic carbocycles. The molecule has 0 N–H and O–H groups in total. The molecule has 1 aromatic carbocycles. The summed E-state index contributed by atoms with van der Waals surface area (Å²) in [6, 6.07) is 8.50. The zero-order chi connectivity index (χ0) is 20.8. The second kappa shape index (κ2) is 7.63. The number of ether oxygens (including phenoxy) is 2. The predicted octanol–water partition coefficient (Wildman–Crippen LogP) is 3.20. The monoisotopic (exact) mass is 425 g/mol. The van der Waals surface area contributed by atoms with Crippen molar-refractivity contribution in [3.05, 3.63) is 51.7 Å². The molecule has 3 aliphatic rings. The molecule has 2 aromatic rings. The Labute approximate surface area is 178 Å². The Morgan fingerprint density at radius 3 is 2.87 bits per heavy atom. The van der Waals surface area contributed by atoms with Crippen LogP contribution in [0, 0.1) is 5.92 Å². The van der Waals surface area contributed by atoms with Crippen molar-refractivity contribution in [1.29, 1.82) is 0 Å². The fourth-order valence-electron chi connectivity index (χ4n) is 4.72. The summed E-state index contributed by atoms with van der Waals surface area (Å²) in [7, 11) is 0. The van der Waals surface area contributed by atoms with Gasteiger partial charge >= 0.3 is 0 Å². The Morgan fingerprint density at radius 2 is 2.13 bits per heavy atom. The molecule has 1 aromatic heterocycles. The van der Waals surface area contributed by atoms with E-state index < -0.39 is 23.7 Å². The van der Waals surface area contributed by atoms with Crippen molar-refractivity contribution >= 4 is 28.8 Å². The SMILES string of the molecule is CC1Cc2cc(C(=O)C3C(=O)C(=O)N(CC4CCCO4)C3c3cccs3)ccc2O1. The number of Topliss-reactive ketones (excluding diaryl/α,β-unsaturated/α-hetero) is 2. The highest BCUT2D eigenvalue weighted by atomic mass is 32.1. The van der Waals surface area contributed by atoms with E-state index in [1.165, 1.54) is 11.3 Å². The van der Waals surface area contributed by atoms with Gasteiger partial charge in [-0.1, -0.05) is 6.07 Å². The third-order valence-corrected chi connectivity index (χ3v) is 7.07. The third-order valence-electron chi connectivity index (χ3n) is 6.13. The van der Waals surface area contributed by atoms with Gasteiger partial charge in [-0.25, -0.2) is 0 Å². The van der Waals surface area contributed by atoms with E-state index in [0.717, 1.165) is 35.5 Å². The van der Waals surface area contributed by atoms with Crippen molar-refractivity contribution in [3.8, 4) is 5.75 Å². The highest BCUT2D eigenvalue weighted by Gasteiger charge is 2.52. The fraction of sp³-hybridized carbons (Fsp3) is 0.435. The molecule has 30 heavy (non-hydrogen) atoms. The minimum Gasteiger partial charge on any atom is -0.490 e. The van der Waals surface area contributed by atoms with Crippen LogP contribution in [0.1, 0.15) is 46.6 Å². The summed E-state index contributed by atoms with van der Waals surface area (Å²) in [5.41, 5.74) is 1.42. The quantitative estimate of drug-likeness (QED) is 0.418. The maximum Gasteiger partial charge on any atom is 0.291 e. The van der Waals surface area contributed by atoms with Crippen LogP contribution in [0.15, 0.2) is 35.7 Å². The Kier molecular flexibility index (Phi) is 4.95. The van der Waals surface area contributed by atoms with Crippen molar-refractivity contribution < 1.29 is 23.9 Å². The van der Waals surface area contributed by atoms with Crippen LogP contribution in [0.5, 0.6) is 5.75 Å². The van der Waals surface area contributed by atoms with Gasteiger partial charge in [0, 0.05) is 30.0 Å². The van der Waals surface area contributed by atoms with E-state index in [1.807, 2.05) is 30.5 Å². The lowest BCUT2D eigenvalue weighted by atomic mass is 9.88. The molecular formula is C23H23NO5S. The number of hydrogen-bond acceptors (Lipinski definition) is 6. The smallest absolute Gasteiger partial charge is 0.291 e. The number of ketones is 2. The van der Waals surface area contributed by atoms with E-state index in [9.17, 15) is 14.4 Å². The van der Waals surface area contributed by atoms with Gasteiger partial charge < -0.3 is 14.4 Å². The Bertz CT molecular complexity index is 995. The van der Waals surface area contributed by atoms with E-state index in [1.54, 1.807) is 17.0 Å². The van der Waals surface area contributed by atoms with Gasteiger partial charge in [-0.05, 0) is 55.0 Å². The summed E-state index contributed by atoms with van der Waals surface area (Å²) in [6.45, 7) is 2.99. The predicted molar refractivity (Wildman–Crippen MR) is 111 cm³/mol. The zero-order valence-electron chi connectivity index (χ0n) is 16.7. The van der Waals surface area contributed by atoms with Crippen molar-refractivity contribution in [2.45, 2.75) is 44.4 Å². The first-order valence-corrected chi connectivity index (χ1v) is 11.2. The summed E-state index contributed by atoms with van der Waals surface area (Å²) in [4.78, 5) is 41.9. The molecule has 2 saturated heterocycles. The average Bonchev–Trinajstić information content (AvgIpc) is 3.51. The number of rotatable bonds is 5.